The van der Waals surface area contributed by atoms with Crippen molar-refractivity contribution in [2.45, 2.75) is 38.7 Å². The summed E-state index contributed by atoms with van der Waals surface area (Å²) in [4.78, 5) is 11.8. The van der Waals surface area contributed by atoms with E-state index >= 15 is 0 Å². The predicted molar refractivity (Wildman–Crippen MR) is 77.2 cm³/mol. The van der Waals surface area contributed by atoms with Crippen molar-refractivity contribution in [2.75, 3.05) is 11.9 Å². The number of rotatable bonds is 4. The van der Waals surface area contributed by atoms with Crippen LogP contribution in [0.5, 0.6) is 0 Å². The SMILES string of the molecule is CC1CCC(OCC(=O)Nc2ccc(C#N)cc2)CC1. The molecule has 1 fully saturated rings. The third-order valence-corrected chi connectivity index (χ3v) is 3.71. The van der Waals surface area contributed by atoms with E-state index in [-0.39, 0.29) is 18.6 Å². The molecule has 1 aromatic carbocycles. The summed E-state index contributed by atoms with van der Waals surface area (Å²) >= 11 is 0. The lowest BCUT2D eigenvalue weighted by molar-refractivity contribution is -0.123. The fraction of sp³-hybridized carbons (Fsp3) is 0.500. The van der Waals surface area contributed by atoms with Crippen LogP contribution in [0, 0.1) is 17.2 Å². The molecule has 0 radical (unpaired) electrons. The van der Waals surface area contributed by atoms with Crippen molar-refractivity contribution >= 4 is 11.6 Å². The van der Waals surface area contributed by atoms with Gasteiger partial charge in [-0.25, -0.2) is 0 Å². The van der Waals surface area contributed by atoms with Gasteiger partial charge < -0.3 is 10.1 Å². The quantitative estimate of drug-likeness (QED) is 0.916. The summed E-state index contributed by atoms with van der Waals surface area (Å²) < 4.78 is 5.65. The van der Waals surface area contributed by atoms with Crippen LogP contribution >= 0.6 is 0 Å². The molecule has 1 amide bonds. The molecule has 4 nitrogen and oxygen atoms in total. The first kappa shape index (κ1) is 14.5. The lowest BCUT2D eigenvalue weighted by atomic mass is 9.89. The molecule has 2 rings (SSSR count). The largest absolute Gasteiger partial charge is 0.368 e. The van der Waals surface area contributed by atoms with Crippen LogP contribution in [0.2, 0.25) is 0 Å². The highest BCUT2D eigenvalue weighted by Gasteiger charge is 2.19. The van der Waals surface area contributed by atoms with Crippen molar-refractivity contribution in [1.29, 1.82) is 5.26 Å². The second kappa shape index (κ2) is 7.06. The van der Waals surface area contributed by atoms with Crippen LogP contribution in [0.1, 0.15) is 38.2 Å². The molecule has 1 aromatic rings. The Bertz CT molecular complexity index is 482. The number of hydrogen-bond acceptors (Lipinski definition) is 3. The van der Waals surface area contributed by atoms with Gasteiger partial charge in [0, 0.05) is 5.69 Å². The van der Waals surface area contributed by atoms with Gasteiger partial charge in [0.1, 0.15) is 6.61 Å². The molecule has 1 saturated carbocycles. The van der Waals surface area contributed by atoms with Crippen LogP contribution in [-0.4, -0.2) is 18.6 Å². The average Bonchev–Trinajstić information content (AvgIpc) is 2.47. The lowest BCUT2D eigenvalue weighted by Gasteiger charge is -2.25. The number of hydrogen-bond donors (Lipinski definition) is 1. The molecule has 1 aliphatic rings. The number of carbonyl (C=O) groups excluding carboxylic acids is 1. The number of anilines is 1. The highest BCUT2D eigenvalue weighted by atomic mass is 16.5. The van der Waals surface area contributed by atoms with E-state index in [4.69, 9.17) is 10.00 Å². The van der Waals surface area contributed by atoms with Gasteiger partial charge in [0.05, 0.1) is 17.7 Å². The van der Waals surface area contributed by atoms with Gasteiger partial charge in [-0.1, -0.05) is 6.92 Å². The molecule has 0 unspecified atom stereocenters. The van der Waals surface area contributed by atoms with Gasteiger partial charge in [0.15, 0.2) is 0 Å². The second-order valence-electron chi connectivity index (χ2n) is 5.43. The summed E-state index contributed by atoms with van der Waals surface area (Å²) in [7, 11) is 0. The van der Waals surface area contributed by atoms with Gasteiger partial charge in [0.2, 0.25) is 5.91 Å². The molecule has 20 heavy (non-hydrogen) atoms. The van der Waals surface area contributed by atoms with E-state index in [1.807, 2.05) is 6.07 Å². The van der Waals surface area contributed by atoms with Gasteiger partial charge in [-0.05, 0) is 55.9 Å². The van der Waals surface area contributed by atoms with E-state index in [2.05, 4.69) is 12.2 Å². The van der Waals surface area contributed by atoms with E-state index in [1.54, 1.807) is 24.3 Å². The maximum absolute atomic E-state index is 11.8. The minimum absolute atomic E-state index is 0.0963. The molecule has 106 valence electrons. The Hall–Kier alpha value is -1.86. The third-order valence-electron chi connectivity index (χ3n) is 3.71. The standard InChI is InChI=1S/C16H20N2O2/c1-12-2-8-15(9-3-12)20-11-16(19)18-14-6-4-13(10-17)5-7-14/h4-7,12,15H,2-3,8-9,11H2,1H3,(H,18,19). The topological polar surface area (TPSA) is 62.1 Å². The maximum atomic E-state index is 11.8. The number of benzene rings is 1. The number of carbonyl (C=O) groups is 1. The minimum Gasteiger partial charge on any atom is -0.368 e. The Labute approximate surface area is 119 Å². The Balaban J connectivity index is 1.73. The number of nitrogens with one attached hydrogen (secondary N) is 1. The zero-order chi connectivity index (χ0) is 14.4. The van der Waals surface area contributed by atoms with E-state index in [1.165, 1.54) is 12.8 Å². The summed E-state index contributed by atoms with van der Waals surface area (Å²) in [5.74, 6) is 0.635. The molecule has 0 aliphatic heterocycles. The Kier molecular flexibility index (Phi) is 5.14. The highest BCUT2D eigenvalue weighted by molar-refractivity contribution is 5.91. The zero-order valence-electron chi connectivity index (χ0n) is 11.8. The van der Waals surface area contributed by atoms with Crippen molar-refractivity contribution in [2.24, 2.45) is 5.92 Å². The monoisotopic (exact) mass is 272 g/mol. The molecule has 0 saturated heterocycles. The van der Waals surface area contributed by atoms with Gasteiger partial charge >= 0.3 is 0 Å². The smallest absolute Gasteiger partial charge is 0.250 e. The second-order valence-corrected chi connectivity index (χ2v) is 5.43. The van der Waals surface area contributed by atoms with Gasteiger partial charge in [0.25, 0.3) is 0 Å². The van der Waals surface area contributed by atoms with Crippen LogP contribution in [0.3, 0.4) is 0 Å². The molecule has 4 heteroatoms. The molecule has 0 spiro atoms. The molecular formula is C16H20N2O2. The van der Waals surface area contributed by atoms with E-state index in [9.17, 15) is 4.79 Å². The van der Waals surface area contributed by atoms with E-state index in [0.29, 0.717) is 11.3 Å². The molecule has 1 aliphatic carbocycles. The van der Waals surface area contributed by atoms with E-state index < -0.39 is 0 Å². The summed E-state index contributed by atoms with van der Waals surface area (Å²) in [6.45, 7) is 2.35. The molecule has 1 N–H and O–H groups in total. The first-order valence-electron chi connectivity index (χ1n) is 7.09. The molecule has 0 heterocycles. The Morgan fingerprint density at radius 2 is 1.95 bits per heavy atom. The third kappa shape index (κ3) is 4.36. The number of nitrogens with zero attached hydrogens (tertiary/aromatic N) is 1. The molecule has 0 bridgehead atoms. The van der Waals surface area contributed by atoms with Crippen LogP contribution in [0.4, 0.5) is 5.69 Å². The average molecular weight is 272 g/mol. The number of ether oxygens (including phenoxy) is 1. The normalized spacial score (nSPS) is 22.0. The van der Waals surface area contributed by atoms with Gasteiger partial charge in [-0.3, -0.25) is 4.79 Å². The van der Waals surface area contributed by atoms with Crippen molar-refractivity contribution in [3.63, 3.8) is 0 Å². The van der Waals surface area contributed by atoms with E-state index in [0.717, 1.165) is 18.8 Å². The van der Waals surface area contributed by atoms with Crippen LogP contribution in [-0.2, 0) is 9.53 Å². The van der Waals surface area contributed by atoms with Crippen molar-refractivity contribution < 1.29 is 9.53 Å². The number of nitriles is 1. The van der Waals surface area contributed by atoms with Crippen LogP contribution in [0.25, 0.3) is 0 Å². The summed E-state index contributed by atoms with van der Waals surface area (Å²) in [5.41, 5.74) is 1.27. The zero-order valence-corrected chi connectivity index (χ0v) is 11.8. The molecule has 0 aromatic heterocycles. The van der Waals surface area contributed by atoms with Gasteiger partial charge in [-0.15, -0.1) is 0 Å². The Morgan fingerprint density at radius 3 is 2.55 bits per heavy atom. The maximum Gasteiger partial charge on any atom is 0.250 e. The summed E-state index contributed by atoms with van der Waals surface area (Å²) in [6.07, 6.45) is 4.68. The van der Waals surface area contributed by atoms with Crippen LogP contribution < -0.4 is 5.32 Å². The lowest BCUT2D eigenvalue weighted by Crippen LogP contribution is -2.26. The first-order chi connectivity index (χ1) is 9.67. The fourth-order valence-corrected chi connectivity index (χ4v) is 2.41. The number of amides is 1. The molecule has 0 atom stereocenters. The van der Waals surface area contributed by atoms with Crippen molar-refractivity contribution in [1.82, 2.24) is 0 Å². The summed E-state index contributed by atoms with van der Waals surface area (Å²) in [5, 5.41) is 11.5. The van der Waals surface area contributed by atoms with Gasteiger partial charge in [-0.2, -0.15) is 5.26 Å². The minimum atomic E-state index is -0.145. The molecular weight excluding hydrogens is 252 g/mol. The fourth-order valence-electron chi connectivity index (χ4n) is 2.41. The van der Waals surface area contributed by atoms with Crippen molar-refractivity contribution in [3.8, 4) is 6.07 Å². The highest BCUT2D eigenvalue weighted by Crippen LogP contribution is 2.25. The van der Waals surface area contributed by atoms with Crippen LogP contribution in [0.15, 0.2) is 24.3 Å². The Morgan fingerprint density at radius 1 is 1.30 bits per heavy atom. The summed E-state index contributed by atoms with van der Waals surface area (Å²) in [6, 6.07) is 8.84. The van der Waals surface area contributed by atoms with Crippen molar-refractivity contribution in [3.05, 3.63) is 29.8 Å². The first-order valence-corrected chi connectivity index (χ1v) is 7.09. The predicted octanol–water partition coefficient (Wildman–Crippen LogP) is 3.09.